The van der Waals surface area contributed by atoms with Crippen LogP contribution in [0.5, 0.6) is 11.5 Å². The third kappa shape index (κ3) is 8.76. The first-order valence-electron chi connectivity index (χ1n) is 11.6. The van der Waals surface area contributed by atoms with Crippen LogP contribution in [0.15, 0.2) is 41.5 Å². The second-order valence-corrected chi connectivity index (χ2v) is 10.2. The van der Waals surface area contributed by atoms with Crippen LogP contribution in [0.4, 0.5) is 0 Å². The van der Waals surface area contributed by atoms with E-state index < -0.39 is 11.8 Å². The van der Waals surface area contributed by atoms with E-state index in [0.29, 0.717) is 50.7 Å². The van der Waals surface area contributed by atoms with Gasteiger partial charge in [0.2, 0.25) is 5.91 Å². The van der Waals surface area contributed by atoms with Crippen molar-refractivity contribution in [2.45, 2.75) is 44.9 Å². The molecule has 1 aliphatic rings. The first-order chi connectivity index (χ1) is 17.6. The normalized spacial score (nSPS) is 14.4. The van der Waals surface area contributed by atoms with Crippen molar-refractivity contribution in [1.82, 2.24) is 16.1 Å². The van der Waals surface area contributed by atoms with Crippen LogP contribution >= 0.6 is 34.8 Å². The Balaban J connectivity index is 1.45. The van der Waals surface area contributed by atoms with Gasteiger partial charge in [0.15, 0.2) is 6.61 Å². The van der Waals surface area contributed by atoms with Gasteiger partial charge in [-0.2, -0.15) is 5.10 Å². The molecule has 2 aromatic carbocycles. The maximum Gasteiger partial charge on any atom is 0.258 e. The Bertz CT molecular complexity index is 1160. The Morgan fingerprint density at radius 1 is 1.14 bits per heavy atom. The molecule has 0 spiro atoms. The molecular formula is C25H29Cl3N4O5. The lowest BCUT2D eigenvalue weighted by Crippen LogP contribution is -2.53. The number of carbonyl (C=O) groups is 2. The zero-order valence-corrected chi connectivity index (χ0v) is 22.7. The summed E-state index contributed by atoms with van der Waals surface area (Å²) in [6.45, 7) is 3.84. The molecule has 0 aliphatic carbocycles. The molecule has 0 bridgehead atoms. The Labute approximate surface area is 230 Å². The van der Waals surface area contributed by atoms with Gasteiger partial charge in [0.25, 0.3) is 5.91 Å². The molecule has 37 heavy (non-hydrogen) atoms. The maximum absolute atomic E-state index is 12.5. The summed E-state index contributed by atoms with van der Waals surface area (Å²) in [7, 11) is 0. The third-order valence-corrected chi connectivity index (χ3v) is 6.48. The van der Waals surface area contributed by atoms with Gasteiger partial charge in [-0.05, 0) is 38.1 Å². The Morgan fingerprint density at radius 2 is 1.86 bits per heavy atom. The van der Waals surface area contributed by atoms with Gasteiger partial charge in [-0.15, -0.1) is 0 Å². The van der Waals surface area contributed by atoms with Crippen molar-refractivity contribution in [3.8, 4) is 11.5 Å². The summed E-state index contributed by atoms with van der Waals surface area (Å²) in [4.78, 5) is 23.9. The quantitative estimate of drug-likeness (QED) is 0.287. The van der Waals surface area contributed by atoms with Gasteiger partial charge >= 0.3 is 0 Å². The summed E-state index contributed by atoms with van der Waals surface area (Å²) in [6.07, 6.45) is 0.139. The van der Waals surface area contributed by atoms with Crippen LogP contribution in [-0.4, -0.2) is 54.2 Å². The number of rotatable bonds is 12. The summed E-state index contributed by atoms with van der Waals surface area (Å²) < 4.78 is 11.3. The van der Waals surface area contributed by atoms with Gasteiger partial charge < -0.3 is 19.9 Å². The van der Waals surface area contributed by atoms with E-state index in [1.807, 2.05) is 13.8 Å². The highest BCUT2D eigenvalue weighted by molar-refractivity contribution is 6.42. The lowest BCUT2D eigenvalue weighted by atomic mass is 10.0. The molecule has 0 aromatic heterocycles. The first-order valence-corrected chi connectivity index (χ1v) is 12.8. The van der Waals surface area contributed by atoms with Crippen molar-refractivity contribution in [1.29, 1.82) is 0 Å². The Hall–Kier alpha value is -2.56. The van der Waals surface area contributed by atoms with E-state index in [2.05, 4.69) is 21.2 Å². The van der Waals surface area contributed by atoms with Crippen LogP contribution < -0.4 is 25.5 Å². The van der Waals surface area contributed by atoms with Crippen LogP contribution in [0.2, 0.25) is 15.1 Å². The number of hydrogen-bond acceptors (Lipinski definition) is 7. The van der Waals surface area contributed by atoms with Crippen molar-refractivity contribution >= 4 is 52.3 Å². The Kier molecular flexibility index (Phi) is 10.4. The van der Waals surface area contributed by atoms with Crippen molar-refractivity contribution in [3.05, 3.63) is 57.0 Å². The zero-order chi connectivity index (χ0) is 27.0. The standard InChI is InChI=1S/C25H29Cl3N4O5/c1-25(2,30-20(33)11-12-36-19-8-4-6-16(26)23(19)28)14-29-22(35)13-37-24-15(5-3-7-17(24)27)18-9-10-21(34)32-31-18/h3-8,20,30,33H,9-14H2,1-2H3,(H,29,35)(H,32,34). The summed E-state index contributed by atoms with van der Waals surface area (Å²) in [5, 5.41) is 21.3. The molecule has 0 fully saturated rings. The summed E-state index contributed by atoms with van der Waals surface area (Å²) in [5.41, 5.74) is 3.05. The fourth-order valence-electron chi connectivity index (χ4n) is 3.51. The van der Waals surface area contributed by atoms with Gasteiger partial charge in [0, 0.05) is 36.9 Å². The minimum absolute atomic E-state index is 0.160. The molecule has 1 heterocycles. The van der Waals surface area contributed by atoms with Crippen LogP contribution in [0.3, 0.4) is 0 Å². The number of carbonyl (C=O) groups excluding carboxylic acids is 2. The molecule has 3 rings (SSSR count). The van der Waals surface area contributed by atoms with Crippen LogP contribution in [0, 0.1) is 0 Å². The second kappa shape index (κ2) is 13.3. The highest BCUT2D eigenvalue weighted by atomic mass is 35.5. The number of hydrogen-bond donors (Lipinski definition) is 4. The third-order valence-electron chi connectivity index (χ3n) is 5.38. The molecule has 0 radical (unpaired) electrons. The van der Waals surface area contributed by atoms with Gasteiger partial charge in [-0.3, -0.25) is 14.9 Å². The lowest BCUT2D eigenvalue weighted by molar-refractivity contribution is -0.123. The van der Waals surface area contributed by atoms with E-state index in [1.54, 1.807) is 36.4 Å². The molecule has 1 unspecified atom stereocenters. The second-order valence-electron chi connectivity index (χ2n) is 9.01. The molecule has 0 saturated heterocycles. The fraction of sp³-hybridized carbons (Fsp3) is 0.400. The number of aliphatic hydroxyl groups is 1. The monoisotopic (exact) mass is 570 g/mol. The predicted octanol–water partition coefficient (Wildman–Crippen LogP) is 3.91. The van der Waals surface area contributed by atoms with E-state index in [1.165, 1.54) is 0 Å². The van der Waals surface area contributed by atoms with Crippen LogP contribution in [0.1, 0.15) is 38.7 Å². The van der Waals surface area contributed by atoms with Gasteiger partial charge in [-0.1, -0.05) is 46.9 Å². The molecule has 9 nitrogen and oxygen atoms in total. The number of benzene rings is 2. The molecular weight excluding hydrogens is 543 g/mol. The molecule has 2 aromatic rings. The van der Waals surface area contributed by atoms with Crippen molar-refractivity contribution in [3.63, 3.8) is 0 Å². The molecule has 4 N–H and O–H groups in total. The lowest BCUT2D eigenvalue weighted by Gasteiger charge is -2.30. The highest BCUT2D eigenvalue weighted by Gasteiger charge is 2.23. The van der Waals surface area contributed by atoms with E-state index in [0.717, 1.165) is 0 Å². The summed E-state index contributed by atoms with van der Waals surface area (Å²) in [5.74, 6) is 0.233. The maximum atomic E-state index is 12.5. The van der Waals surface area contributed by atoms with Gasteiger partial charge in [0.1, 0.15) is 22.7 Å². The number of aliphatic hydroxyl groups excluding tert-OH is 1. The van der Waals surface area contributed by atoms with Crippen molar-refractivity contribution in [2.24, 2.45) is 5.10 Å². The van der Waals surface area contributed by atoms with Crippen LogP contribution in [0.25, 0.3) is 0 Å². The number of amides is 2. The number of para-hydroxylation sites is 1. The number of hydrazone groups is 1. The predicted molar refractivity (Wildman–Crippen MR) is 144 cm³/mol. The smallest absolute Gasteiger partial charge is 0.258 e. The first kappa shape index (κ1) is 29.0. The molecule has 0 saturated carbocycles. The van der Waals surface area contributed by atoms with Gasteiger partial charge in [0.05, 0.1) is 22.4 Å². The van der Waals surface area contributed by atoms with E-state index >= 15 is 0 Å². The zero-order valence-electron chi connectivity index (χ0n) is 20.4. The minimum Gasteiger partial charge on any atom is -0.492 e. The van der Waals surface area contributed by atoms with Crippen LogP contribution in [-0.2, 0) is 9.59 Å². The van der Waals surface area contributed by atoms with E-state index in [4.69, 9.17) is 44.3 Å². The SMILES string of the molecule is CC(C)(CNC(=O)COc1c(Cl)cccc1C1=NNC(=O)CC1)NC(O)CCOc1cccc(Cl)c1Cl. The number of nitrogens with zero attached hydrogens (tertiary/aromatic N) is 1. The summed E-state index contributed by atoms with van der Waals surface area (Å²) in [6, 6.07) is 10.3. The van der Waals surface area contributed by atoms with E-state index in [9.17, 15) is 14.7 Å². The average Bonchev–Trinajstić information content (AvgIpc) is 2.85. The van der Waals surface area contributed by atoms with E-state index in [-0.39, 0.29) is 38.0 Å². The molecule has 2 amide bonds. The molecule has 12 heteroatoms. The average molecular weight is 572 g/mol. The molecule has 1 aliphatic heterocycles. The number of nitrogens with one attached hydrogen (secondary N) is 3. The highest BCUT2D eigenvalue weighted by Crippen LogP contribution is 2.32. The van der Waals surface area contributed by atoms with Crippen molar-refractivity contribution < 1.29 is 24.2 Å². The topological polar surface area (TPSA) is 121 Å². The number of halogens is 3. The Morgan fingerprint density at radius 3 is 2.59 bits per heavy atom. The molecule has 200 valence electrons. The minimum atomic E-state index is -0.886. The fourth-order valence-corrected chi connectivity index (χ4v) is 4.09. The van der Waals surface area contributed by atoms with Crippen molar-refractivity contribution in [2.75, 3.05) is 19.8 Å². The summed E-state index contributed by atoms with van der Waals surface area (Å²) >= 11 is 18.4. The number of ether oxygens (including phenoxy) is 2. The molecule has 1 atom stereocenters. The van der Waals surface area contributed by atoms with Gasteiger partial charge in [-0.25, -0.2) is 5.43 Å². The largest absolute Gasteiger partial charge is 0.492 e.